The summed E-state index contributed by atoms with van der Waals surface area (Å²) in [6.07, 6.45) is -3.70. The summed E-state index contributed by atoms with van der Waals surface area (Å²) in [4.78, 5) is 52.1. The normalized spacial score (nSPS) is 23.6. The van der Waals surface area contributed by atoms with Crippen molar-refractivity contribution >= 4 is 23.6 Å². The van der Waals surface area contributed by atoms with E-state index < -0.39 is 53.9 Å². The zero-order chi connectivity index (χ0) is 24.4. The van der Waals surface area contributed by atoms with Gasteiger partial charge in [0.05, 0.1) is 6.04 Å². The fraction of sp³-hybridized carbons (Fsp3) is 0.789. The van der Waals surface area contributed by atoms with Gasteiger partial charge in [-0.25, -0.2) is 0 Å². The average molecular weight is 466 g/mol. The third-order valence-electron chi connectivity index (χ3n) is 5.91. The minimum Gasteiger partial charge on any atom is -0.357 e. The predicted octanol–water partition coefficient (Wildman–Crippen LogP) is -0.759. The van der Waals surface area contributed by atoms with Gasteiger partial charge in [0, 0.05) is 20.0 Å². The van der Waals surface area contributed by atoms with Crippen molar-refractivity contribution in [3.8, 4) is 0 Å². The number of hydrogen-bond donors (Lipinski definition) is 4. The molecule has 2 heterocycles. The van der Waals surface area contributed by atoms with Gasteiger partial charge >= 0.3 is 6.18 Å². The maximum Gasteiger partial charge on any atom is 0.445 e. The molecule has 4 unspecified atom stereocenters. The van der Waals surface area contributed by atoms with Gasteiger partial charge < -0.3 is 30.6 Å². The third-order valence-corrected chi connectivity index (χ3v) is 5.91. The minimum absolute atomic E-state index is 0.150. The number of hydrogen-bond acceptors (Lipinski definition) is 6. The Morgan fingerprint density at radius 2 is 1.38 bits per heavy atom. The monoisotopic (exact) mass is 466 g/mol. The summed E-state index contributed by atoms with van der Waals surface area (Å²) in [5.41, 5.74) is 0. The second-order valence-electron chi connectivity index (χ2n) is 8.24. The Labute approximate surface area is 183 Å². The maximum atomic E-state index is 12.8. The number of carbonyl (C=O) groups excluding carboxylic acids is 4. The lowest BCUT2D eigenvalue weighted by Crippen LogP contribution is -2.62. The highest BCUT2D eigenvalue weighted by Crippen LogP contribution is 2.31. The summed E-state index contributed by atoms with van der Waals surface area (Å²) in [5.74, 6) is -6.46. The van der Waals surface area contributed by atoms with Crippen molar-refractivity contribution in [3.63, 3.8) is 0 Å². The first-order chi connectivity index (χ1) is 14.7. The molecule has 2 rings (SSSR count). The molecule has 4 amide bonds. The molecule has 2 saturated heterocycles. The van der Waals surface area contributed by atoms with Crippen molar-refractivity contribution in [2.24, 2.45) is 0 Å². The number of nitrogens with one attached hydrogen (secondary N) is 2. The van der Waals surface area contributed by atoms with Crippen LogP contribution in [0.3, 0.4) is 0 Å². The van der Waals surface area contributed by atoms with Crippen LogP contribution in [-0.2, 0) is 19.2 Å². The number of carbonyl (C=O) groups is 4. The molecular formula is C19H29F3N4O6. The number of amides is 4. The molecule has 4 atom stereocenters. The van der Waals surface area contributed by atoms with Crippen LogP contribution >= 0.6 is 0 Å². The Morgan fingerprint density at radius 1 is 0.906 bits per heavy atom. The summed E-state index contributed by atoms with van der Waals surface area (Å²) in [5, 5.41) is 23.1. The Hall–Kier alpha value is -2.41. The van der Waals surface area contributed by atoms with Crippen molar-refractivity contribution in [1.82, 2.24) is 20.4 Å². The first-order valence-electron chi connectivity index (χ1n) is 10.4. The highest BCUT2D eigenvalue weighted by molar-refractivity contribution is 5.94. The second-order valence-corrected chi connectivity index (χ2v) is 8.24. The molecule has 0 saturated carbocycles. The van der Waals surface area contributed by atoms with E-state index in [2.05, 4.69) is 5.32 Å². The van der Waals surface area contributed by atoms with Crippen molar-refractivity contribution in [2.75, 3.05) is 13.1 Å². The third kappa shape index (κ3) is 5.31. The van der Waals surface area contributed by atoms with Crippen molar-refractivity contribution < 1.29 is 42.6 Å². The number of likely N-dealkylation sites (tertiary alicyclic amines) is 2. The van der Waals surface area contributed by atoms with Crippen LogP contribution in [0, 0.1) is 0 Å². The van der Waals surface area contributed by atoms with Crippen LogP contribution < -0.4 is 10.6 Å². The van der Waals surface area contributed by atoms with Gasteiger partial charge in [0.25, 0.3) is 5.79 Å². The lowest BCUT2D eigenvalue weighted by molar-refractivity contribution is -0.357. The molecule has 0 bridgehead atoms. The molecule has 0 aromatic rings. The van der Waals surface area contributed by atoms with Crippen molar-refractivity contribution in [1.29, 1.82) is 0 Å². The summed E-state index contributed by atoms with van der Waals surface area (Å²) in [6.45, 7) is 4.15. The molecule has 13 heteroatoms. The topological polar surface area (TPSA) is 139 Å². The Balaban J connectivity index is 2.01. The van der Waals surface area contributed by atoms with Gasteiger partial charge in [0.2, 0.25) is 23.6 Å². The van der Waals surface area contributed by atoms with Crippen molar-refractivity contribution in [3.05, 3.63) is 0 Å². The van der Waals surface area contributed by atoms with Crippen LogP contribution in [0.25, 0.3) is 0 Å². The van der Waals surface area contributed by atoms with E-state index in [1.54, 1.807) is 0 Å². The smallest absolute Gasteiger partial charge is 0.357 e. The zero-order valence-corrected chi connectivity index (χ0v) is 18.1. The molecule has 0 radical (unpaired) electrons. The molecule has 2 aliphatic rings. The number of rotatable bonds is 6. The summed E-state index contributed by atoms with van der Waals surface area (Å²) in [7, 11) is 0. The van der Waals surface area contributed by atoms with Crippen LogP contribution in [0.1, 0.15) is 46.5 Å². The van der Waals surface area contributed by atoms with Gasteiger partial charge in [0.1, 0.15) is 18.1 Å². The largest absolute Gasteiger partial charge is 0.445 e. The Morgan fingerprint density at radius 3 is 1.88 bits per heavy atom. The highest BCUT2D eigenvalue weighted by Gasteiger charge is 2.57. The van der Waals surface area contributed by atoms with Gasteiger partial charge in [-0.15, -0.1) is 0 Å². The standard InChI is InChI=1S/C19H29F3N4O6/c1-10(23-15(28)13-6-4-8-25(13)12(3)27)17(30)26-9-5-7-14(26)16(29)24-11(2)18(31,32)19(20,21)22/h10-11,13-14,31-32H,4-9H2,1-3H3,(H,23,28)(H,24,29). The molecule has 10 nitrogen and oxygen atoms in total. The number of halogens is 3. The van der Waals surface area contributed by atoms with E-state index in [0.29, 0.717) is 25.8 Å². The van der Waals surface area contributed by atoms with E-state index in [4.69, 9.17) is 0 Å². The van der Waals surface area contributed by atoms with E-state index in [0.717, 1.165) is 11.8 Å². The number of nitrogens with zero attached hydrogens (tertiary/aromatic N) is 2. The lowest BCUT2D eigenvalue weighted by atomic mass is 10.1. The van der Waals surface area contributed by atoms with Gasteiger partial charge in [-0.2, -0.15) is 13.2 Å². The van der Waals surface area contributed by atoms with Crippen LogP contribution in [0.5, 0.6) is 0 Å². The van der Waals surface area contributed by atoms with Gasteiger partial charge in [-0.1, -0.05) is 0 Å². The zero-order valence-electron chi connectivity index (χ0n) is 18.1. The molecule has 0 aromatic heterocycles. The quantitative estimate of drug-likeness (QED) is 0.380. The minimum atomic E-state index is -5.39. The van der Waals surface area contributed by atoms with Gasteiger partial charge in [-0.05, 0) is 39.5 Å². The fourth-order valence-corrected chi connectivity index (χ4v) is 4.00. The summed E-state index contributed by atoms with van der Waals surface area (Å²) < 4.78 is 38.3. The predicted molar refractivity (Wildman–Crippen MR) is 104 cm³/mol. The first kappa shape index (κ1) is 25.8. The molecule has 0 spiro atoms. The summed E-state index contributed by atoms with van der Waals surface area (Å²) in [6, 6.07) is -4.92. The fourth-order valence-electron chi connectivity index (χ4n) is 4.00. The van der Waals surface area contributed by atoms with Crippen molar-refractivity contribution in [2.45, 2.75) is 82.6 Å². The molecule has 2 aliphatic heterocycles. The molecule has 0 aromatic carbocycles. The molecule has 32 heavy (non-hydrogen) atoms. The van der Waals surface area contributed by atoms with Crippen LogP contribution in [0.15, 0.2) is 0 Å². The molecule has 2 fully saturated rings. The van der Waals surface area contributed by atoms with E-state index >= 15 is 0 Å². The number of aliphatic hydroxyl groups is 2. The average Bonchev–Trinajstić information content (AvgIpc) is 3.35. The summed E-state index contributed by atoms with van der Waals surface area (Å²) >= 11 is 0. The van der Waals surface area contributed by atoms with E-state index in [1.165, 1.54) is 18.7 Å². The van der Waals surface area contributed by atoms with E-state index in [-0.39, 0.29) is 18.9 Å². The van der Waals surface area contributed by atoms with E-state index in [1.807, 2.05) is 5.32 Å². The van der Waals surface area contributed by atoms with Crippen LogP contribution in [0.2, 0.25) is 0 Å². The lowest BCUT2D eigenvalue weighted by Gasteiger charge is -2.33. The second kappa shape index (κ2) is 9.61. The Kier molecular flexibility index (Phi) is 7.76. The highest BCUT2D eigenvalue weighted by atomic mass is 19.4. The first-order valence-corrected chi connectivity index (χ1v) is 10.4. The Bertz CT molecular complexity index is 760. The SMILES string of the molecule is CC(=O)N1CCCC1C(=O)NC(C)C(=O)N1CCCC1C(=O)NC(C)C(O)(O)C(F)(F)F. The maximum absolute atomic E-state index is 12.8. The van der Waals surface area contributed by atoms with Crippen LogP contribution in [-0.4, -0.2) is 92.9 Å². The molecular weight excluding hydrogens is 437 g/mol. The number of alkyl halides is 3. The van der Waals surface area contributed by atoms with Crippen LogP contribution in [0.4, 0.5) is 13.2 Å². The molecule has 0 aliphatic carbocycles. The van der Waals surface area contributed by atoms with Gasteiger partial charge in [0.15, 0.2) is 0 Å². The molecule has 4 N–H and O–H groups in total. The van der Waals surface area contributed by atoms with E-state index in [9.17, 15) is 42.6 Å². The van der Waals surface area contributed by atoms with Gasteiger partial charge in [-0.3, -0.25) is 19.2 Å². The molecule has 182 valence electrons.